The van der Waals surface area contributed by atoms with Crippen molar-refractivity contribution in [3.05, 3.63) is 68.7 Å². The molecule has 2 rings (SSSR count). The van der Waals surface area contributed by atoms with Crippen molar-refractivity contribution in [3.8, 4) is 5.75 Å². The van der Waals surface area contributed by atoms with Gasteiger partial charge in [-0.25, -0.2) is 0 Å². The van der Waals surface area contributed by atoms with E-state index in [-0.39, 0.29) is 17.2 Å². The Morgan fingerprint density at radius 1 is 1.20 bits per heavy atom. The fourth-order valence-corrected chi connectivity index (χ4v) is 2.07. The minimum absolute atomic E-state index is 0.0176. The number of aryl methyl sites for hydroxylation is 1. The Labute approximate surface area is 147 Å². The van der Waals surface area contributed by atoms with Crippen molar-refractivity contribution < 1.29 is 19.2 Å². The molecule has 2 amide bonds. The number of ether oxygens (including phenoxy) is 1. The van der Waals surface area contributed by atoms with E-state index in [2.05, 4.69) is 10.9 Å². The van der Waals surface area contributed by atoms with E-state index in [1.165, 1.54) is 12.1 Å². The zero-order valence-electron chi connectivity index (χ0n) is 13.1. The highest BCUT2D eigenvalue weighted by Crippen LogP contribution is 2.24. The second-order valence-corrected chi connectivity index (χ2v) is 5.44. The van der Waals surface area contributed by atoms with Crippen molar-refractivity contribution in [2.45, 2.75) is 6.92 Å². The van der Waals surface area contributed by atoms with Crippen molar-refractivity contribution in [1.82, 2.24) is 10.9 Å². The maximum Gasteiger partial charge on any atom is 0.288 e. The molecule has 0 aliphatic carbocycles. The van der Waals surface area contributed by atoms with Crippen LogP contribution in [0.3, 0.4) is 0 Å². The molecule has 25 heavy (non-hydrogen) atoms. The third-order valence-electron chi connectivity index (χ3n) is 3.08. The molecule has 2 N–H and O–H groups in total. The van der Waals surface area contributed by atoms with E-state index in [4.69, 9.17) is 16.3 Å². The number of nitrogens with one attached hydrogen (secondary N) is 2. The Morgan fingerprint density at radius 3 is 2.64 bits per heavy atom. The molecule has 0 fully saturated rings. The van der Waals surface area contributed by atoms with E-state index >= 15 is 0 Å². The summed E-state index contributed by atoms with van der Waals surface area (Å²) in [6.07, 6.45) is 0. The molecule has 0 spiro atoms. The summed E-state index contributed by atoms with van der Waals surface area (Å²) in [7, 11) is 0. The molecule has 0 heterocycles. The highest BCUT2D eigenvalue weighted by atomic mass is 35.5. The van der Waals surface area contributed by atoms with Crippen LogP contribution in [0, 0.1) is 17.0 Å². The number of carbonyl (C=O) groups excluding carboxylic acids is 2. The number of nitrogens with zero attached hydrogens (tertiary/aromatic N) is 1. The molecule has 9 heteroatoms. The first kappa shape index (κ1) is 18.2. The molecule has 0 bridgehead atoms. The van der Waals surface area contributed by atoms with Gasteiger partial charge in [-0.1, -0.05) is 23.7 Å². The van der Waals surface area contributed by atoms with Gasteiger partial charge in [0.15, 0.2) is 6.61 Å². The second kappa shape index (κ2) is 8.11. The smallest absolute Gasteiger partial charge is 0.288 e. The van der Waals surface area contributed by atoms with Crippen molar-refractivity contribution in [3.63, 3.8) is 0 Å². The predicted molar refractivity (Wildman–Crippen MR) is 90.4 cm³/mol. The number of nitro benzene ring substituents is 1. The molecular weight excluding hydrogens is 350 g/mol. The molecule has 0 radical (unpaired) electrons. The van der Waals surface area contributed by atoms with Crippen molar-refractivity contribution in [1.29, 1.82) is 0 Å². The van der Waals surface area contributed by atoms with E-state index < -0.39 is 22.4 Å². The lowest BCUT2D eigenvalue weighted by Gasteiger charge is -2.09. The standard InChI is InChI=1S/C16H14ClN3O5/c1-10-3-2-4-12(7-10)25-9-15(21)18-19-16(22)11-5-6-13(17)14(8-11)20(23)24/h2-8H,9H2,1H3,(H,18,21)(H,19,22). The minimum Gasteiger partial charge on any atom is -0.484 e. The maximum atomic E-state index is 11.9. The van der Waals surface area contributed by atoms with E-state index in [1.54, 1.807) is 18.2 Å². The zero-order valence-corrected chi connectivity index (χ0v) is 13.9. The van der Waals surface area contributed by atoms with Crippen LogP contribution in [0.15, 0.2) is 42.5 Å². The molecule has 0 aliphatic heterocycles. The molecule has 0 atom stereocenters. The van der Waals surface area contributed by atoms with Gasteiger partial charge in [0.2, 0.25) is 0 Å². The van der Waals surface area contributed by atoms with Gasteiger partial charge >= 0.3 is 0 Å². The van der Waals surface area contributed by atoms with Gasteiger partial charge in [0, 0.05) is 11.6 Å². The molecule has 8 nitrogen and oxygen atoms in total. The first-order valence-electron chi connectivity index (χ1n) is 7.09. The fraction of sp³-hybridized carbons (Fsp3) is 0.125. The Hall–Kier alpha value is -3.13. The molecule has 130 valence electrons. The van der Waals surface area contributed by atoms with E-state index in [0.717, 1.165) is 11.6 Å². The summed E-state index contributed by atoms with van der Waals surface area (Å²) in [4.78, 5) is 33.7. The van der Waals surface area contributed by atoms with Crippen molar-refractivity contribution >= 4 is 29.1 Å². The molecular formula is C16H14ClN3O5. The first-order valence-corrected chi connectivity index (χ1v) is 7.47. The summed E-state index contributed by atoms with van der Waals surface area (Å²) in [5.74, 6) is -0.781. The first-order chi connectivity index (χ1) is 11.9. The van der Waals surface area contributed by atoms with Gasteiger partial charge in [-0.2, -0.15) is 0 Å². The van der Waals surface area contributed by atoms with Gasteiger partial charge in [0.25, 0.3) is 17.5 Å². The van der Waals surface area contributed by atoms with Gasteiger partial charge in [-0.15, -0.1) is 0 Å². The summed E-state index contributed by atoms with van der Waals surface area (Å²) in [6, 6.07) is 10.7. The lowest BCUT2D eigenvalue weighted by Crippen LogP contribution is -2.43. The number of benzene rings is 2. The van der Waals surface area contributed by atoms with E-state index in [1.807, 2.05) is 13.0 Å². The quantitative estimate of drug-likeness (QED) is 0.626. The molecule has 2 aromatic carbocycles. The van der Waals surface area contributed by atoms with Crippen molar-refractivity contribution in [2.24, 2.45) is 0 Å². The summed E-state index contributed by atoms with van der Waals surface area (Å²) < 4.78 is 5.28. The molecule has 0 saturated carbocycles. The molecule has 0 aromatic heterocycles. The van der Waals surface area contributed by atoms with Gasteiger partial charge in [-0.05, 0) is 36.8 Å². The van der Waals surface area contributed by atoms with Gasteiger partial charge in [0.05, 0.1) is 4.92 Å². The Kier molecular flexibility index (Phi) is 5.91. The summed E-state index contributed by atoms with van der Waals surface area (Å²) >= 11 is 5.67. The maximum absolute atomic E-state index is 11.9. The molecule has 0 aliphatic rings. The number of rotatable bonds is 5. The lowest BCUT2D eigenvalue weighted by molar-refractivity contribution is -0.384. The Morgan fingerprint density at radius 2 is 1.96 bits per heavy atom. The average molecular weight is 364 g/mol. The van der Waals surface area contributed by atoms with Crippen LogP contribution in [0.4, 0.5) is 5.69 Å². The Balaban J connectivity index is 1.88. The zero-order chi connectivity index (χ0) is 18.4. The topological polar surface area (TPSA) is 111 Å². The summed E-state index contributed by atoms with van der Waals surface area (Å²) in [5, 5.41) is 10.7. The highest BCUT2D eigenvalue weighted by Gasteiger charge is 2.16. The van der Waals surface area contributed by atoms with Crippen LogP contribution < -0.4 is 15.6 Å². The fourth-order valence-electron chi connectivity index (χ4n) is 1.88. The van der Waals surface area contributed by atoms with E-state index in [9.17, 15) is 19.7 Å². The van der Waals surface area contributed by atoms with Gasteiger partial charge in [-0.3, -0.25) is 30.6 Å². The second-order valence-electron chi connectivity index (χ2n) is 5.03. The number of hydrazine groups is 1. The number of carbonyl (C=O) groups is 2. The number of hydrogen-bond acceptors (Lipinski definition) is 5. The van der Waals surface area contributed by atoms with Crippen LogP contribution in [0.25, 0.3) is 0 Å². The summed E-state index contributed by atoms with van der Waals surface area (Å²) in [5.41, 5.74) is 4.88. The van der Waals surface area contributed by atoms with Crippen molar-refractivity contribution in [2.75, 3.05) is 6.61 Å². The number of hydrogen-bond donors (Lipinski definition) is 2. The predicted octanol–water partition coefficient (Wildman–Crippen LogP) is 2.40. The van der Waals surface area contributed by atoms with Crippen LogP contribution in [-0.2, 0) is 4.79 Å². The average Bonchev–Trinajstić information content (AvgIpc) is 2.58. The third-order valence-corrected chi connectivity index (χ3v) is 3.40. The van der Waals surface area contributed by atoms with Gasteiger partial charge in [0.1, 0.15) is 10.8 Å². The molecule has 0 unspecified atom stereocenters. The summed E-state index contributed by atoms with van der Waals surface area (Å²) in [6.45, 7) is 1.59. The van der Waals surface area contributed by atoms with Crippen LogP contribution >= 0.6 is 11.6 Å². The lowest BCUT2D eigenvalue weighted by atomic mass is 10.2. The number of halogens is 1. The SMILES string of the molecule is Cc1cccc(OCC(=O)NNC(=O)c2ccc(Cl)c([N+](=O)[O-])c2)c1. The largest absolute Gasteiger partial charge is 0.484 e. The molecule has 0 saturated heterocycles. The third kappa shape index (κ3) is 5.18. The van der Waals surface area contributed by atoms with Crippen LogP contribution in [0.1, 0.15) is 15.9 Å². The van der Waals surface area contributed by atoms with Crippen LogP contribution in [-0.4, -0.2) is 23.3 Å². The van der Waals surface area contributed by atoms with Crippen LogP contribution in [0.5, 0.6) is 5.75 Å². The number of nitro groups is 1. The monoisotopic (exact) mass is 363 g/mol. The minimum atomic E-state index is -0.719. The highest BCUT2D eigenvalue weighted by molar-refractivity contribution is 6.32. The normalized spacial score (nSPS) is 10.0. The van der Waals surface area contributed by atoms with E-state index in [0.29, 0.717) is 5.75 Å². The van der Waals surface area contributed by atoms with Crippen LogP contribution in [0.2, 0.25) is 5.02 Å². The number of amides is 2. The van der Waals surface area contributed by atoms with Gasteiger partial charge < -0.3 is 4.74 Å². The Bertz CT molecular complexity index is 825. The molecule has 2 aromatic rings.